The molecule has 4 saturated carbocycles. The number of allylic oxidation sites excluding steroid dienone is 2. The molecule has 35 atom stereocenters. The minimum absolute atomic E-state index is 0.0569. The third kappa shape index (κ3) is 11.4. The van der Waals surface area contributed by atoms with Crippen LogP contribution in [0.2, 0.25) is 0 Å². The van der Waals surface area contributed by atoms with Crippen LogP contribution in [-0.2, 0) is 57.0 Å². The molecule has 0 radical (unpaired) electrons. The van der Waals surface area contributed by atoms with Crippen LogP contribution < -0.4 is 0 Å². The number of carbonyl (C=O) groups is 2. The number of carboxylic acid groups (broad SMARTS) is 1. The van der Waals surface area contributed by atoms with Crippen LogP contribution in [0.1, 0.15) is 106 Å². The molecule has 18 N–H and O–H groups in total. The fourth-order valence-electron chi connectivity index (χ4n) is 18.0. The van der Waals surface area contributed by atoms with Crippen LogP contribution >= 0.6 is 0 Å². The van der Waals surface area contributed by atoms with Crippen molar-refractivity contribution >= 4 is 11.9 Å². The lowest BCUT2D eigenvalue weighted by Gasteiger charge is -2.71. The van der Waals surface area contributed by atoms with Gasteiger partial charge in [-0.2, -0.15) is 0 Å². The first-order valence-electron chi connectivity index (χ1n) is 31.5. The third-order valence-corrected chi connectivity index (χ3v) is 23.6. The number of aliphatic carboxylic acids is 1. The number of carbonyl (C=O) groups excluding carboxylic acids is 1. The molecule has 5 heterocycles. The second kappa shape index (κ2) is 25.9. The molecule has 9 fully saturated rings. The number of hydrogen-bond acceptors (Lipinski definition) is 29. The van der Waals surface area contributed by atoms with Crippen molar-refractivity contribution in [2.24, 2.45) is 50.2 Å². The van der Waals surface area contributed by atoms with Gasteiger partial charge in [0.25, 0.3) is 0 Å². The smallest absolute Gasteiger partial charge is 0.315 e. The predicted octanol–water partition coefficient (Wildman–Crippen LogP) is -5.15. The molecule has 5 aliphatic heterocycles. The van der Waals surface area contributed by atoms with Gasteiger partial charge in [-0.3, -0.25) is 9.59 Å². The van der Waals surface area contributed by atoms with E-state index in [-0.39, 0.29) is 30.1 Å². The second-order valence-corrected chi connectivity index (χ2v) is 29.0. The van der Waals surface area contributed by atoms with Gasteiger partial charge in [-0.05, 0) is 111 Å². The Morgan fingerprint density at radius 3 is 1.56 bits per heavy atom. The third-order valence-electron chi connectivity index (χ3n) is 23.6. The first-order chi connectivity index (χ1) is 42.1. The Hall–Kier alpha value is -2.36. The summed E-state index contributed by atoms with van der Waals surface area (Å²) in [5, 5.41) is 198. The molecule has 5 aliphatic carbocycles. The van der Waals surface area contributed by atoms with E-state index in [0.717, 1.165) is 5.57 Å². The average molecular weight is 1300 g/mol. The van der Waals surface area contributed by atoms with Crippen LogP contribution in [0.4, 0.5) is 0 Å². The summed E-state index contributed by atoms with van der Waals surface area (Å²) in [6.45, 7) is 9.72. The lowest BCUT2D eigenvalue weighted by Crippen LogP contribution is -2.71. The van der Waals surface area contributed by atoms with E-state index in [9.17, 15) is 102 Å². The minimum atomic E-state index is -2.17. The van der Waals surface area contributed by atoms with Crippen molar-refractivity contribution < 1.29 is 149 Å². The largest absolute Gasteiger partial charge is 0.481 e. The molecule has 0 bridgehead atoms. The van der Waals surface area contributed by atoms with E-state index < -0.39 is 237 Å². The van der Waals surface area contributed by atoms with Gasteiger partial charge < -0.3 is 139 Å². The zero-order valence-corrected chi connectivity index (χ0v) is 51.5. The number of hydrogen-bond donors (Lipinski definition) is 18. The minimum Gasteiger partial charge on any atom is -0.481 e. The lowest BCUT2D eigenvalue weighted by atomic mass is 9.33. The molecule has 10 aliphatic rings. The van der Waals surface area contributed by atoms with Gasteiger partial charge in [0.1, 0.15) is 122 Å². The lowest BCUT2D eigenvalue weighted by molar-refractivity contribution is -0.413. The van der Waals surface area contributed by atoms with Crippen LogP contribution in [0.5, 0.6) is 0 Å². The fraction of sp³-hybridized carbons (Fsp3) is 0.933. The van der Waals surface area contributed by atoms with Crippen molar-refractivity contribution in [1.82, 2.24) is 0 Å². The highest BCUT2D eigenvalue weighted by Gasteiger charge is 2.73. The predicted molar refractivity (Wildman–Crippen MR) is 297 cm³/mol. The molecule has 0 spiro atoms. The SMILES string of the molecule is C[C@@H]1O[C@@H](O[C@H]2[C@H](O)[C@@H](CO)O[C@@H](O[C@H]3[C@H](O[C@H]4[C@@H](O)C[C@@]5(C)[C@@H](CC[C@]6(C)[C@@H]5CC=C5[C@@H]7CC(C)(C)CC[C@]7(C(=O)O[C@@H]7O[C@H](CO)[C@@H](O)[C@H](O)[C@H]7O)CC[C@]56C)[C@]4(C)C(=O)O)O[C@H](CO)[C@@H](O)[C@@H]3O)[C@@H]2O[C@@H]2O[C@H](CO)[C@@H](O)[C@H](O)[C@H]2O)[C@H](O)[C@H](O)[C@H]1O. The average Bonchev–Trinajstić information content (AvgIpc) is 0.674. The topological polar surface area (TPSA) is 491 Å². The highest BCUT2D eigenvalue weighted by molar-refractivity contribution is 5.79. The van der Waals surface area contributed by atoms with E-state index in [4.69, 9.17) is 47.4 Å². The maximum Gasteiger partial charge on any atom is 0.315 e. The molecule has 90 heavy (non-hydrogen) atoms. The van der Waals surface area contributed by atoms with Gasteiger partial charge in [-0.15, -0.1) is 0 Å². The van der Waals surface area contributed by atoms with Crippen molar-refractivity contribution in [3.8, 4) is 0 Å². The summed E-state index contributed by atoms with van der Waals surface area (Å²) in [4.78, 5) is 29.2. The van der Waals surface area contributed by atoms with Gasteiger partial charge in [-0.25, -0.2) is 0 Å². The molecule has 0 amide bonds. The Morgan fingerprint density at radius 2 is 0.978 bits per heavy atom. The number of aliphatic hydroxyl groups is 17. The quantitative estimate of drug-likeness (QED) is 0.0414. The normalized spacial score (nSPS) is 54.5. The van der Waals surface area contributed by atoms with E-state index in [1.165, 1.54) is 13.8 Å². The second-order valence-electron chi connectivity index (χ2n) is 29.0. The molecule has 5 saturated heterocycles. The van der Waals surface area contributed by atoms with Crippen molar-refractivity contribution in [2.45, 2.75) is 272 Å². The van der Waals surface area contributed by atoms with Crippen LogP contribution in [0.15, 0.2) is 11.6 Å². The number of rotatable bonds is 15. The highest BCUT2D eigenvalue weighted by atomic mass is 16.8. The Balaban J connectivity index is 0.960. The molecule has 0 aromatic rings. The van der Waals surface area contributed by atoms with Crippen LogP contribution in [-0.4, -0.2) is 296 Å². The Bertz CT molecular complexity index is 2560. The zero-order chi connectivity index (χ0) is 66.0. The maximum absolute atomic E-state index is 14.9. The molecule has 30 nitrogen and oxygen atoms in total. The highest BCUT2D eigenvalue weighted by Crippen LogP contribution is 2.76. The van der Waals surface area contributed by atoms with Gasteiger partial charge in [-0.1, -0.05) is 46.3 Å². The molecule has 0 unspecified atom stereocenters. The summed E-state index contributed by atoms with van der Waals surface area (Å²) >= 11 is 0. The molecule has 516 valence electrons. The standard InChI is InChI=1S/C60H96O30/c1-22-32(66)37(71)41(75)48(81-22)86-44-36(70)29(21-64)85-52(46(44)88-49-42(76)38(72)33(67)26(18-61)82-49)87-45-40(74)35(69)28(20-63)84-51(45)89-47-25(65)17-56(4)30-9-8-23-24-16-55(2,3)12-14-60(24,54(80)90-50-43(77)39(73)34(68)27(19-62)83-50)15-13-57(23,5)58(30,6)11-10-31(56)59(47,7)53(78)79/h8,22,24-52,61-77H,9-21H2,1-7H3,(H,78,79)/t22-,24-,25-,26+,27+,28+,29+,30+,31+,32-,33+,34+,35+,36+,37+,38-,39-,40-,41+,42+,43+,44-,45+,46+,47-,48-,49-,50-,51-,52-,56+,57+,58+,59-,60-/m0/s1. The number of aliphatic hydroxyl groups excluding tert-OH is 17. The number of esters is 1. The Labute approximate surface area is 519 Å². The first kappa shape index (κ1) is 70.4. The van der Waals surface area contributed by atoms with E-state index >= 15 is 0 Å². The van der Waals surface area contributed by atoms with Gasteiger partial charge in [0.05, 0.1) is 49.5 Å². The molecule has 0 aromatic heterocycles. The van der Waals surface area contributed by atoms with Gasteiger partial charge in [0, 0.05) is 0 Å². The summed E-state index contributed by atoms with van der Waals surface area (Å²) in [7, 11) is 0. The van der Waals surface area contributed by atoms with E-state index in [1.807, 2.05) is 6.92 Å². The van der Waals surface area contributed by atoms with Crippen LogP contribution in [0, 0.1) is 50.2 Å². The summed E-state index contributed by atoms with van der Waals surface area (Å²) in [6.07, 6.45) is -44.3. The molecular formula is C60H96O30. The number of carboxylic acids is 1. The molecule has 30 heteroatoms. The van der Waals surface area contributed by atoms with Crippen LogP contribution in [0.25, 0.3) is 0 Å². The van der Waals surface area contributed by atoms with Gasteiger partial charge >= 0.3 is 11.9 Å². The van der Waals surface area contributed by atoms with E-state index in [1.54, 1.807) is 0 Å². The van der Waals surface area contributed by atoms with Crippen LogP contribution in [0.3, 0.4) is 0 Å². The van der Waals surface area contributed by atoms with Crippen molar-refractivity contribution in [2.75, 3.05) is 26.4 Å². The zero-order valence-electron chi connectivity index (χ0n) is 51.5. The van der Waals surface area contributed by atoms with Gasteiger partial charge in [0.2, 0.25) is 6.29 Å². The van der Waals surface area contributed by atoms with E-state index in [2.05, 4.69) is 33.8 Å². The molecular weight excluding hydrogens is 1200 g/mol. The fourth-order valence-corrected chi connectivity index (χ4v) is 18.0. The maximum atomic E-state index is 14.9. The number of fused-ring (bicyclic) bond motifs is 7. The summed E-state index contributed by atoms with van der Waals surface area (Å²) in [5.41, 5.74) is -4.49. The first-order valence-corrected chi connectivity index (χ1v) is 31.5. The monoisotopic (exact) mass is 1300 g/mol. The van der Waals surface area contributed by atoms with E-state index in [0.29, 0.717) is 44.9 Å². The molecule has 0 aromatic carbocycles. The molecule has 10 rings (SSSR count). The summed E-state index contributed by atoms with van der Waals surface area (Å²) in [5.74, 6) is -3.47. The summed E-state index contributed by atoms with van der Waals surface area (Å²) < 4.78 is 60.4. The Morgan fingerprint density at radius 1 is 0.500 bits per heavy atom. The van der Waals surface area contributed by atoms with Crippen molar-refractivity contribution in [3.63, 3.8) is 0 Å². The van der Waals surface area contributed by atoms with Gasteiger partial charge in [0.15, 0.2) is 25.2 Å². The van der Waals surface area contributed by atoms with Crippen molar-refractivity contribution in [3.05, 3.63) is 11.6 Å². The summed E-state index contributed by atoms with van der Waals surface area (Å²) in [6, 6.07) is 0. The van der Waals surface area contributed by atoms with Crippen molar-refractivity contribution in [1.29, 1.82) is 0 Å². The Kier molecular flexibility index (Phi) is 20.3. The number of ether oxygens (including phenoxy) is 10.